The molecule has 0 radical (unpaired) electrons. The summed E-state index contributed by atoms with van der Waals surface area (Å²) in [6.45, 7) is 7.03. The highest BCUT2D eigenvalue weighted by molar-refractivity contribution is 5.95. The number of hydrogen-bond donors (Lipinski definition) is 1. The van der Waals surface area contributed by atoms with Gasteiger partial charge in [0.15, 0.2) is 0 Å². The molecule has 1 N–H and O–H groups in total. The minimum absolute atomic E-state index is 0.0171. The number of hydrogen-bond acceptors (Lipinski definition) is 4. The quantitative estimate of drug-likeness (QED) is 0.936. The number of anilines is 1. The second kappa shape index (κ2) is 6.36. The van der Waals surface area contributed by atoms with Crippen LogP contribution in [-0.2, 0) is 16.0 Å². The lowest BCUT2D eigenvalue weighted by Gasteiger charge is -2.38. The van der Waals surface area contributed by atoms with E-state index in [0.717, 1.165) is 5.69 Å². The molecule has 0 bridgehead atoms. The molecule has 0 saturated carbocycles. The molecule has 2 aromatic rings. The van der Waals surface area contributed by atoms with Crippen LogP contribution >= 0.6 is 0 Å². The van der Waals surface area contributed by atoms with Crippen LogP contribution in [0.3, 0.4) is 0 Å². The smallest absolute Gasteiger partial charge is 0.307 e. The molecule has 1 aliphatic heterocycles. The molecule has 1 saturated heterocycles. The summed E-state index contributed by atoms with van der Waals surface area (Å²) in [6.07, 6.45) is -0.104. The number of nitrogens with zero attached hydrogens (tertiary/aromatic N) is 2. The lowest BCUT2D eigenvalue weighted by Crippen LogP contribution is -2.46. The van der Waals surface area contributed by atoms with Gasteiger partial charge in [0.25, 0.3) is 0 Å². The van der Waals surface area contributed by atoms with Gasteiger partial charge in [-0.2, -0.15) is 0 Å². The van der Waals surface area contributed by atoms with Crippen LogP contribution in [0, 0.1) is 12.7 Å². The van der Waals surface area contributed by atoms with Crippen molar-refractivity contribution in [1.82, 2.24) is 4.98 Å². The summed E-state index contributed by atoms with van der Waals surface area (Å²) in [6, 6.07) is 4.45. The zero-order valence-electron chi connectivity index (χ0n) is 14.0. The predicted octanol–water partition coefficient (Wildman–Crippen LogP) is 2.92. The number of aryl methyl sites for hydroxylation is 1. The fraction of sp³-hybridized carbons (Fsp3) is 0.444. The Morgan fingerprint density at radius 2 is 2.04 bits per heavy atom. The first-order chi connectivity index (χ1) is 11.3. The van der Waals surface area contributed by atoms with E-state index in [1.807, 2.05) is 13.8 Å². The van der Waals surface area contributed by atoms with E-state index in [4.69, 9.17) is 4.74 Å². The van der Waals surface area contributed by atoms with Gasteiger partial charge in [-0.05, 0) is 39.0 Å². The SMILES string of the molecule is Cc1nc2ccc(F)cc2c(N2CC(C)OC(C)C2)c1CC(=O)O. The second-order valence-corrected chi connectivity index (χ2v) is 6.42. The van der Waals surface area contributed by atoms with E-state index in [1.54, 1.807) is 13.0 Å². The maximum atomic E-state index is 13.8. The van der Waals surface area contributed by atoms with Crippen molar-refractivity contribution >= 4 is 22.6 Å². The lowest BCUT2D eigenvalue weighted by molar-refractivity contribution is -0.136. The molecule has 0 amide bonds. The molecule has 3 rings (SSSR count). The fourth-order valence-corrected chi connectivity index (χ4v) is 3.46. The number of pyridine rings is 1. The average Bonchev–Trinajstić information content (AvgIpc) is 2.47. The number of ether oxygens (including phenoxy) is 1. The van der Waals surface area contributed by atoms with E-state index in [-0.39, 0.29) is 24.4 Å². The number of aliphatic carboxylic acids is 1. The monoisotopic (exact) mass is 332 g/mol. The summed E-state index contributed by atoms with van der Waals surface area (Å²) < 4.78 is 19.6. The molecule has 128 valence electrons. The number of carboxylic acids is 1. The zero-order valence-corrected chi connectivity index (χ0v) is 14.0. The number of morpholine rings is 1. The fourth-order valence-electron chi connectivity index (χ4n) is 3.46. The molecular weight excluding hydrogens is 311 g/mol. The van der Waals surface area contributed by atoms with E-state index in [9.17, 15) is 14.3 Å². The molecule has 24 heavy (non-hydrogen) atoms. The van der Waals surface area contributed by atoms with Crippen LogP contribution in [0.4, 0.5) is 10.1 Å². The Bertz CT molecular complexity index is 783. The van der Waals surface area contributed by atoms with Crippen LogP contribution in [0.5, 0.6) is 0 Å². The topological polar surface area (TPSA) is 62.7 Å². The van der Waals surface area contributed by atoms with Crippen LogP contribution in [0.2, 0.25) is 0 Å². The molecule has 6 heteroatoms. The van der Waals surface area contributed by atoms with E-state index < -0.39 is 5.97 Å². The van der Waals surface area contributed by atoms with Gasteiger partial charge >= 0.3 is 5.97 Å². The minimum atomic E-state index is -0.925. The number of fused-ring (bicyclic) bond motifs is 1. The summed E-state index contributed by atoms with van der Waals surface area (Å²) in [5.74, 6) is -1.28. The van der Waals surface area contributed by atoms with Gasteiger partial charge in [0, 0.05) is 29.7 Å². The van der Waals surface area contributed by atoms with Crippen molar-refractivity contribution in [3.63, 3.8) is 0 Å². The highest BCUT2D eigenvalue weighted by Crippen LogP contribution is 2.34. The Kier molecular flexibility index (Phi) is 4.41. The van der Waals surface area contributed by atoms with Crippen LogP contribution < -0.4 is 4.90 Å². The van der Waals surface area contributed by atoms with Gasteiger partial charge in [-0.3, -0.25) is 9.78 Å². The van der Waals surface area contributed by atoms with Gasteiger partial charge in [-0.25, -0.2) is 4.39 Å². The van der Waals surface area contributed by atoms with Crippen molar-refractivity contribution in [3.05, 3.63) is 35.3 Å². The molecule has 2 unspecified atom stereocenters. The maximum absolute atomic E-state index is 13.8. The Hall–Kier alpha value is -2.21. The van der Waals surface area contributed by atoms with E-state index in [0.29, 0.717) is 35.2 Å². The van der Waals surface area contributed by atoms with Crippen molar-refractivity contribution in [1.29, 1.82) is 0 Å². The summed E-state index contributed by atoms with van der Waals surface area (Å²) in [7, 11) is 0. The molecule has 1 aliphatic rings. The largest absolute Gasteiger partial charge is 0.481 e. The summed E-state index contributed by atoms with van der Waals surface area (Å²) in [4.78, 5) is 17.9. The van der Waals surface area contributed by atoms with Crippen LogP contribution in [0.15, 0.2) is 18.2 Å². The minimum Gasteiger partial charge on any atom is -0.481 e. The van der Waals surface area contributed by atoms with Gasteiger partial charge in [0.1, 0.15) is 5.82 Å². The van der Waals surface area contributed by atoms with Gasteiger partial charge in [-0.15, -0.1) is 0 Å². The van der Waals surface area contributed by atoms with Gasteiger partial charge in [0.05, 0.1) is 29.8 Å². The Morgan fingerprint density at radius 3 is 2.67 bits per heavy atom. The zero-order chi connectivity index (χ0) is 17.4. The van der Waals surface area contributed by atoms with Crippen molar-refractivity contribution in [3.8, 4) is 0 Å². The second-order valence-electron chi connectivity index (χ2n) is 6.42. The van der Waals surface area contributed by atoms with Gasteiger partial charge in [-0.1, -0.05) is 0 Å². The molecule has 1 aromatic heterocycles. The first-order valence-corrected chi connectivity index (χ1v) is 8.06. The molecule has 1 fully saturated rings. The molecule has 0 aliphatic carbocycles. The van der Waals surface area contributed by atoms with Crippen molar-refractivity contribution in [2.45, 2.75) is 39.4 Å². The Labute approximate surface area is 140 Å². The number of carboxylic acid groups (broad SMARTS) is 1. The predicted molar refractivity (Wildman–Crippen MR) is 90.0 cm³/mol. The Morgan fingerprint density at radius 1 is 1.38 bits per heavy atom. The van der Waals surface area contributed by atoms with Gasteiger partial charge < -0.3 is 14.7 Å². The number of benzene rings is 1. The third-order valence-electron chi connectivity index (χ3n) is 4.29. The van der Waals surface area contributed by atoms with Crippen LogP contribution in [0.25, 0.3) is 10.9 Å². The number of aromatic nitrogens is 1. The van der Waals surface area contributed by atoms with Crippen molar-refractivity contribution < 1.29 is 19.0 Å². The molecule has 2 atom stereocenters. The van der Waals surface area contributed by atoms with Crippen LogP contribution in [0.1, 0.15) is 25.1 Å². The summed E-state index contributed by atoms with van der Waals surface area (Å²) in [5.41, 5.74) is 2.74. The van der Waals surface area contributed by atoms with Gasteiger partial charge in [0.2, 0.25) is 0 Å². The number of carbonyl (C=O) groups is 1. The van der Waals surface area contributed by atoms with E-state index >= 15 is 0 Å². The lowest BCUT2D eigenvalue weighted by atomic mass is 10.0. The summed E-state index contributed by atoms with van der Waals surface area (Å²) >= 11 is 0. The Balaban J connectivity index is 2.24. The number of rotatable bonds is 3. The maximum Gasteiger partial charge on any atom is 0.307 e. The molecule has 2 heterocycles. The molecule has 5 nitrogen and oxygen atoms in total. The first-order valence-electron chi connectivity index (χ1n) is 8.06. The highest BCUT2D eigenvalue weighted by atomic mass is 19.1. The van der Waals surface area contributed by atoms with E-state index in [2.05, 4.69) is 9.88 Å². The standard InChI is InChI=1S/C18H21FN2O3/c1-10-8-21(9-11(2)24-10)18-14(7-17(22)23)12(3)20-16-5-4-13(19)6-15(16)18/h4-6,10-11H,7-9H2,1-3H3,(H,22,23). The third kappa shape index (κ3) is 3.19. The van der Waals surface area contributed by atoms with Crippen LogP contribution in [-0.4, -0.2) is 41.4 Å². The normalized spacial score (nSPS) is 21.2. The third-order valence-corrected chi connectivity index (χ3v) is 4.29. The van der Waals surface area contributed by atoms with Crippen molar-refractivity contribution in [2.24, 2.45) is 0 Å². The summed E-state index contributed by atoms with van der Waals surface area (Å²) in [5, 5.41) is 9.95. The molecule has 1 aromatic carbocycles. The molecular formula is C18H21FN2O3. The van der Waals surface area contributed by atoms with E-state index in [1.165, 1.54) is 12.1 Å². The first kappa shape index (κ1) is 16.6. The average molecular weight is 332 g/mol. The molecule has 0 spiro atoms. The number of halogens is 1. The highest BCUT2D eigenvalue weighted by Gasteiger charge is 2.27. The van der Waals surface area contributed by atoms with Crippen molar-refractivity contribution in [2.75, 3.05) is 18.0 Å².